The van der Waals surface area contributed by atoms with Crippen LogP contribution in [0.2, 0.25) is 0 Å². The quantitative estimate of drug-likeness (QED) is 0.776. The Balaban J connectivity index is 2.13. The molecule has 1 amide bonds. The van der Waals surface area contributed by atoms with Gasteiger partial charge in [0.2, 0.25) is 11.8 Å². The third-order valence-electron chi connectivity index (χ3n) is 3.06. The van der Waals surface area contributed by atoms with Gasteiger partial charge >= 0.3 is 0 Å². The maximum absolute atomic E-state index is 12.1. The highest BCUT2D eigenvalue weighted by atomic mass is 16.2. The molecule has 0 spiro atoms. The first-order valence-electron chi connectivity index (χ1n) is 5.71. The molecule has 3 N–H and O–H groups in total. The topological polar surface area (TPSA) is 87.9 Å². The van der Waals surface area contributed by atoms with E-state index in [-0.39, 0.29) is 17.7 Å². The van der Waals surface area contributed by atoms with Crippen LogP contribution < -0.4 is 5.73 Å². The number of H-pyrrole nitrogens is 1. The molecule has 1 unspecified atom stereocenters. The predicted octanol–water partition coefficient (Wildman–Crippen LogP) is 0.792. The van der Waals surface area contributed by atoms with E-state index < -0.39 is 0 Å². The summed E-state index contributed by atoms with van der Waals surface area (Å²) in [5.74, 6) is 0.280. The van der Waals surface area contributed by atoms with Crippen LogP contribution in [-0.2, 0) is 0 Å². The molecule has 1 aliphatic heterocycles. The van der Waals surface area contributed by atoms with Gasteiger partial charge in [0.15, 0.2) is 0 Å². The SMILES string of the molecule is CCC1CCCCN1C(=O)c1nc(N)n[nH]1. The second kappa shape index (κ2) is 4.51. The number of carbonyl (C=O) groups is 1. The van der Waals surface area contributed by atoms with E-state index in [1.807, 2.05) is 4.90 Å². The van der Waals surface area contributed by atoms with Crippen molar-refractivity contribution in [2.45, 2.75) is 38.6 Å². The summed E-state index contributed by atoms with van der Waals surface area (Å²) in [7, 11) is 0. The highest BCUT2D eigenvalue weighted by molar-refractivity contribution is 5.91. The summed E-state index contributed by atoms with van der Waals surface area (Å²) in [5, 5.41) is 6.25. The van der Waals surface area contributed by atoms with Crippen LogP contribution in [0.25, 0.3) is 0 Å². The molecule has 6 nitrogen and oxygen atoms in total. The smallest absolute Gasteiger partial charge is 0.291 e. The Morgan fingerprint density at radius 2 is 2.44 bits per heavy atom. The molecule has 2 rings (SSSR count). The predicted molar refractivity (Wildman–Crippen MR) is 59.8 cm³/mol. The molecule has 0 saturated carbocycles. The van der Waals surface area contributed by atoms with Crippen LogP contribution in [0.15, 0.2) is 0 Å². The fourth-order valence-corrected chi connectivity index (χ4v) is 2.20. The number of nitrogen functional groups attached to an aromatic ring is 1. The zero-order valence-electron chi connectivity index (χ0n) is 9.44. The first-order chi connectivity index (χ1) is 7.72. The number of anilines is 1. The Bertz CT molecular complexity index is 375. The van der Waals surface area contributed by atoms with Gasteiger partial charge in [0.05, 0.1) is 0 Å². The van der Waals surface area contributed by atoms with Gasteiger partial charge in [-0.15, -0.1) is 5.10 Å². The third kappa shape index (κ3) is 2.00. The van der Waals surface area contributed by atoms with Crippen molar-refractivity contribution in [2.24, 2.45) is 0 Å². The highest BCUT2D eigenvalue weighted by Crippen LogP contribution is 2.20. The van der Waals surface area contributed by atoms with Crippen LogP contribution in [-0.4, -0.2) is 38.6 Å². The van der Waals surface area contributed by atoms with Crippen molar-refractivity contribution in [3.05, 3.63) is 5.82 Å². The van der Waals surface area contributed by atoms with Gasteiger partial charge in [-0.1, -0.05) is 6.92 Å². The molecule has 1 aliphatic rings. The number of hydrogen-bond donors (Lipinski definition) is 2. The van der Waals surface area contributed by atoms with Crippen LogP contribution in [0.4, 0.5) is 5.95 Å². The zero-order valence-corrected chi connectivity index (χ0v) is 9.44. The van der Waals surface area contributed by atoms with Crippen molar-refractivity contribution in [1.82, 2.24) is 20.1 Å². The average Bonchev–Trinajstić information content (AvgIpc) is 2.75. The Kier molecular flexibility index (Phi) is 3.07. The van der Waals surface area contributed by atoms with Crippen molar-refractivity contribution in [3.63, 3.8) is 0 Å². The third-order valence-corrected chi connectivity index (χ3v) is 3.06. The van der Waals surface area contributed by atoms with Gasteiger partial charge in [-0.25, -0.2) is 0 Å². The van der Waals surface area contributed by atoms with E-state index in [9.17, 15) is 4.79 Å². The van der Waals surface area contributed by atoms with Crippen LogP contribution in [0.3, 0.4) is 0 Å². The number of aromatic amines is 1. The molecular formula is C10H17N5O. The van der Waals surface area contributed by atoms with Gasteiger partial charge in [-0.2, -0.15) is 4.98 Å². The molecule has 1 fully saturated rings. The fraction of sp³-hybridized carbons (Fsp3) is 0.700. The highest BCUT2D eigenvalue weighted by Gasteiger charge is 2.27. The molecule has 0 aromatic carbocycles. The summed E-state index contributed by atoms with van der Waals surface area (Å²) >= 11 is 0. The van der Waals surface area contributed by atoms with Crippen molar-refractivity contribution in [2.75, 3.05) is 12.3 Å². The Hall–Kier alpha value is -1.59. The minimum absolute atomic E-state index is 0.0873. The van der Waals surface area contributed by atoms with E-state index in [2.05, 4.69) is 22.1 Å². The summed E-state index contributed by atoms with van der Waals surface area (Å²) in [4.78, 5) is 17.9. The summed E-state index contributed by atoms with van der Waals surface area (Å²) in [6, 6.07) is 0.326. The lowest BCUT2D eigenvalue weighted by Crippen LogP contribution is -2.43. The number of rotatable bonds is 2. The van der Waals surface area contributed by atoms with E-state index in [4.69, 9.17) is 5.73 Å². The van der Waals surface area contributed by atoms with Crippen molar-refractivity contribution in [3.8, 4) is 0 Å². The molecule has 1 aromatic rings. The second-order valence-corrected chi connectivity index (χ2v) is 4.10. The Morgan fingerprint density at radius 1 is 1.62 bits per heavy atom. The first kappa shape index (κ1) is 10.9. The van der Waals surface area contributed by atoms with Crippen LogP contribution >= 0.6 is 0 Å². The van der Waals surface area contributed by atoms with Crippen LogP contribution in [0.5, 0.6) is 0 Å². The molecule has 88 valence electrons. The lowest BCUT2D eigenvalue weighted by atomic mass is 10.00. The minimum Gasteiger partial charge on any atom is -0.366 e. The Labute approximate surface area is 94.2 Å². The lowest BCUT2D eigenvalue weighted by molar-refractivity contribution is 0.0596. The number of piperidine rings is 1. The number of nitrogens with two attached hydrogens (primary N) is 1. The van der Waals surface area contributed by atoms with E-state index in [1.54, 1.807) is 0 Å². The molecule has 0 aliphatic carbocycles. The number of amides is 1. The van der Waals surface area contributed by atoms with E-state index >= 15 is 0 Å². The van der Waals surface area contributed by atoms with Crippen LogP contribution in [0.1, 0.15) is 43.2 Å². The van der Waals surface area contributed by atoms with Crippen molar-refractivity contribution in [1.29, 1.82) is 0 Å². The number of nitrogens with one attached hydrogen (secondary N) is 1. The number of nitrogens with zero attached hydrogens (tertiary/aromatic N) is 3. The maximum Gasteiger partial charge on any atom is 0.291 e. The molecule has 1 aromatic heterocycles. The summed E-state index contributed by atoms with van der Waals surface area (Å²) < 4.78 is 0. The summed E-state index contributed by atoms with van der Waals surface area (Å²) in [5.41, 5.74) is 5.39. The van der Waals surface area contributed by atoms with Gasteiger partial charge in [0, 0.05) is 12.6 Å². The largest absolute Gasteiger partial charge is 0.366 e. The van der Waals surface area contributed by atoms with Crippen molar-refractivity contribution >= 4 is 11.9 Å². The zero-order chi connectivity index (χ0) is 11.5. The minimum atomic E-state index is -0.0873. The number of likely N-dealkylation sites (tertiary alicyclic amines) is 1. The molecule has 0 bridgehead atoms. The lowest BCUT2D eigenvalue weighted by Gasteiger charge is -2.34. The number of aromatic nitrogens is 3. The first-order valence-corrected chi connectivity index (χ1v) is 5.71. The fourth-order valence-electron chi connectivity index (χ4n) is 2.20. The Morgan fingerprint density at radius 3 is 3.06 bits per heavy atom. The van der Waals surface area contributed by atoms with Gasteiger partial charge < -0.3 is 10.6 Å². The van der Waals surface area contributed by atoms with Gasteiger partial charge in [0.25, 0.3) is 5.91 Å². The maximum atomic E-state index is 12.1. The molecule has 6 heteroatoms. The average molecular weight is 223 g/mol. The molecule has 1 atom stereocenters. The van der Waals surface area contributed by atoms with Gasteiger partial charge in [-0.3, -0.25) is 9.89 Å². The van der Waals surface area contributed by atoms with Gasteiger partial charge in [-0.05, 0) is 25.7 Å². The molecular weight excluding hydrogens is 206 g/mol. The number of hydrogen-bond acceptors (Lipinski definition) is 4. The molecule has 2 heterocycles. The standard InChI is InChI=1S/C10H17N5O/c1-2-7-5-3-4-6-15(7)9(16)8-12-10(11)14-13-8/h7H,2-6H2,1H3,(H3,11,12,13,14). The summed E-state index contributed by atoms with van der Waals surface area (Å²) in [6.45, 7) is 2.91. The number of carbonyl (C=O) groups excluding carboxylic acids is 1. The molecule has 16 heavy (non-hydrogen) atoms. The monoisotopic (exact) mass is 223 g/mol. The van der Waals surface area contributed by atoms with Crippen molar-refractivity contribution < 1.29 is 4.79 Å². The van der Waals surface area contributed by atoms with Crippen LogP contribution in [0, 0.1) is 0 Å². The second-order valence-electron chi connectivity index (χ2n) is 4.10. The van der Waals surface area contributed by atoms with E-state index in [0.29, 0.717) is 6.04 Å². The summed E-state index contributed by atoms with van der Waals surface area (Å²) in [6.07, 6.45) is 4.31. The van der Waals surface area contributed by atoms with E-state index in [0.717, 1.165) is 25.8 Å². The molecule has 0 radical (unpaired) electrons. The molecule has 1 saturated heterocycles. The normalized spacial score (nSPS) is 21.1. The van der Waals surface area contributed by atoms with E-state index in [1.165, 1.54) is 6.42 Å². The van der Waals surface area contributed by atoms with Gasteiger partial charge in [0.1, 0.15) is 0 Å².